The van der Waals surface area contributed by atoms with Crippen molar-refractivity contribution in [3.8, 4) is 0 Å². The van der Waals surface area contributed by atoms with E-state index >= 15 is 0 Å². The molecular formula is C11H15ClFNO2. The van der Waals surface area contributed by atoms with Gasteiger partial charge in [0.1, 0.15) is 5.82 Å². The average molecular weight is 248 g/mol. The first-order chi connectivity index (χ1) is 7.54. The highest BCUT2D eigenvalue weighted by Gasteiger charge is 2.06. The second kappa shape index (κ2) is 6.15. The van der Waals surface area contributed by atoms with Crippen LogP contribution in [-0.2, 0) is 6.54 Å². The van der Waals surface area contributed by atoms with E-state index in [2.05, 4.69) is 5.32 Å². The maximum atomic E-state index is 13.2. The molecule has 3 nitrogen and oxygen atoms in total. The van der Waals surface area contributed by atoms with Crippen LogP contribution in [0.1, 0.15) is 11.1 Å². The molecule has 16 heavy (non-hydrogen) atoms. The van der Waals surface area contributed by atoms with Crippen LogP contribution >= 0.6 is 11.6 Å². The highest BCUT2D eigenvalue weighted by atomic mass is 35.5. The molecule has 0 fully saturated rings. The SMILES string of the molecule is Cc1cc(Cl)c(CNCC(O)CO)cc1F. The Morgan fingerprint density at radius 3 is 2.81 bits per heavy atom. The Balaban J connectivity index is 2.57. The van der Waals surface area contributed by atoms with Gasteiger partial charge in [0, 0.05) is 18.1 Å². The summed E-state index contributed by atoms with van der Waals surface area (Å²) in [5, 5.41) is 21.0. The minimum absolute atomic E-state index is 0.238. The normalized spacial score (nSPS) is 12.8. The second-order valence-corrected chi connectivity index (χ2v) is 4.07. The van der Waals surface area contributed by atoms with Gasteiger partial charge in [-0.1, -0.05) is 11.6 Å². The number of nitrogens with one attached hydrogen (secondary N) is 1. The van der Waals surface area contributed by atoms with E-state index in [0.717, 1.165) is 0 Å². The van der Waals surface area contributed by atoms with Gasteiger partial charge in [-0.05, 0) is 30.2 Å². The van der Waals surface area contributed by atoms with Crippen LogP contribution in [0.4, 0.5) is 4.39 Å². The summed E-state index contributed by atoms with van der Waals surface area (Å²) in [6, 6.07) is 2.94. The maximum absolute atomic E-state index is 13.2. The lowest BCUT2D eigenvalue weighted by Gasteiger charge is -2.10. The second-order valence-electron chi connectivity index (χ2n) is 3.66. The van der Waals surface area contributed by atoms with Crippen molar-refractivity contribution in [1.29, 1.82) is 0 Å². The highest BCUT2D eigenvalue weighted by molar-refractivity contribution is 6.31. The molecule has 0 bridgehead atoms. The van der Waals surface area contributed by atoms with Crippen molar-refractivity contribution in [1.82, 2.24) is 5.32 Å². The summed E-state index contributed by atoms with van der Waals surface area (Å²) in [4.78, 5) is 0. The molecular weight excluding hydrogens is 233 g/mol. The van der Waals surface area contributed by atoms with Gasteiger partial charge in [0.2, 0.25) is 0 Å². The highest BCUT2D eigenvalue weighted by Crippen LogP contribution is 2.20. The summed E-state index contributed by atoms with van der Waals surface area (Å²) in [6.07, 6.45) is -0.811. The Labute approximate surface area is 98.9 Å². The molecule has 1 aromatic rings. The minimum Gasteiger partial charge on any atom is -0.394 e. The minimum atomic E-state index is -0.811. The fraction of sp³-hybridized carbons (Fsp3) is 0.455. The van der Waals surface area contributed by atoms with E-state index in [4.69, 9.17) is 21.8 Å². The number of halogens is 2. The number of rotatable bonds is 5. The average Bonchev–Trinajstić information content (AvgIpc) is 2.25. The maximum Gasteiger partial charge on any atom is 0.126 e. The molecule has 0 aliphatic carbocycles. The number of hydrogen-bond acceptors (Lipinski definition) is 3. The predicted octanol–water partition coefficient (Wildman–Crippen LogP) is 1.23. The van der Waals surface area contributed by atoms with Crippen molar-refractivity contribution >= 4 is 11.6 Å². The van der Waals surface area contributed by atoms with Crippen LogP contribution in [0.3, 0.4) is 0 Å². The molecule has 0 heterocycles. The zero-order chi connectivity index (χ0) is 12.1. The molecule has 1 aromatic carbocycles. The van der Waals surface area contributed by atoms with Gasteiger partial charge in [-0.2, -0.15) is 0 Å². The Morgan fingerprint density at radius 2 is 2.19 bits per heavy atom. The van der Waals surface area contributed by atoms with Gasteiger partial charge in [0.25, 0.3) is 0 Å². The van der Waals surface area contributed by atoms with E-state index in [-0.39, 0.29) is 19.0 Å². The van der Waals surface area contributed by atoms with E-state index < -0.39 is 6.10 Å². The Hall–Kier alpha value is -0.680. The zero-order valence-corrected chi connectivity index (χ0v) is 9.76. The van der Waals surface area contributed by atoms with E-state index in [1.807, 2.05) is 0 Å². The third-order valence-corrected chi connectivity index (χ3v) is 2.59. The van der Waals surface area contributed by atoms with Crippen LogP contribution in [-0.4, -0.2) is 29.5 Å². The van der Waals surface area contributed by atoms with Crippen LogP contribution in [0.2, 0.25) is 5.02 Å². The van der Waals surface area contributed by atoms with Crippen LogP contribution in [0.15, 0.2) is 12.1 Å². The molecule has 90 valence electrons. The van der Waals surface area contributed by atoms with Crippen LogP contribution < -0.4 is 5.32 Å². The summed E-state index contributed by atoms with van der Waals surface area (Å²) >= 11 is 5.93. The predicted molar refractivity (Wildman–Crippen MR) is 60.9 cm³/mol. The summed E-state index contributed by atoms with van der Waals surface area (Å²) in [5.74, 6) is -0.302. The van der Waals surface area contributed by atoms with Crippen molar-refractivity contribution in [3.05, 3.63) is 34.1 Å². The molecule has 5 heteroatoms. The molecule has 0 spiro atoms. The quantitative estimate of drug-likeness (QED) is 0.734. The summed E-state index contributed by atoms with van der Waals surface area (Å²) in [7, 11) is 0. The molecule has 0 radical (unpaired) electrons. The lowest BCUT2D eigenvalue weighted by Crippen LogP contribution is -2.29. The number of aryl methyl sites for hydroxylation is 1. The van der Waals surface area contributed by atoms with Gasteiger partial charge in [-0.3, -0.25) is 0 Å². The third kappa shape index (κ3) is 3.72. The lowest BCUT2D eigenvalue weighted by atomic mass is 10.1. The van der Waals surface area contributed by atoms with E-state index in [9.17, 15) is 4.39 Å². The number of aliphatic hydroxyl groups excluding tert-OH is 2. The molecule has 1 atom stereocenters. The number of hydrogen-bond donors (Lipinski definition) is 3. The van der Waals surface area contributed by atoms with Crippen molar-refractivity contribution < 1.29 is 14.6 Å². The third-order valence-electron chi connectivity index (χ3n) is 2.23. The molecule has 0 aromatic heterocycles. The number of benzene rings is 1. The Morgan fingerprint density at radius 1 is 1.50 bits per heavy atom. The molecule has 0 amide bonds. The van der Waals surface area contributed by atoms with Gasteiger partial charge >= 0.3 is 0 Å². The lowest BCUT2D eigenvalue weighted by molar-refractivity contribution is 0.0942. The topological polar surface area (TPSA) is 52.5 Å². The summed E-state index contributed by atoms with van der Waals surface area (Å²) in [5.41, 5.74) is 1.14. The van der Waals surface area contributed by atoms with Crippen LogP contribution in [0, 0.1) is 12.7 Å². The van der Waals surface area contributed by atoms with Crippen molar-refractivity contribution in [2.24, 2.45) is 0 Å². The van der Waals surface area contributed by atoms with Crippen molar-refractivity contribution in [2.45, 2.75) is 19.6 Å². The first kappa shape index (κ1) is 13.4. The molecule has 0 saturated carbocycles. The monoisotopic (exact) mass is 247 g/mol. The molecule has 0 aliphatic rings. The zero-order valence-electron chi connectivity index (χ0n) is 9.00. The largest absolute Gasteiger partial charge is 0.394 e. The van der Waals surface area contributed by atoms with Crippen molar-refractivity contribution in [3.63, 3.8) is 0 Å². The van der Waals surface area contributed by atoms with Gasteiger partial charge in [-0.25, -0.2) is 4.39 Å². The fourth-order valence-corrected chi connectivity index (χ4v) is 1.55. The summed E-state index contributed by atoms with van der Waals surface area (Å²) < 4.78 is 13.2. The smallest absolute Gasteiger partial charge is 0.126 e. The Kier molecular flexibility index (Phi) is 5.15. The fourth-order valence-electron chi connectivity index (χ4n) is 1.26. The van der Waals surface area contributed by atoms with Crippen LogP contribution in [0.25, 0.3) is 0 Å². The molecule has 0 aliphatic heterocycles. The standard InChI is InChI=1S/C11H15ClFNO2/c1-7-2-10(12)8(3-11(7)13)4-14-5-9(16)6-15/h2-3,9,14-16H,4-6H2,1H3. The number of aliphatic hydroxyl groups is 2. The first-order valence-electron chi connectivity index (χ1n) is 4.98. The Bertz CT molecular complexity index is 360. The molecule has 1 unspecified atom stereocenters. The van der Waals surface area contributed by atoms with Crippen molar-refractivity contribution in [2.75, 3.05) is 13.2 Å². The van der Waals surface area contributed by atoms with Gasteiger partial charge in [-0.15, -0.1) is 0 Å². The molecule has 3 N–H and O–H groups in total. The summed E-state index contributed by atoms with van der Waals surface area (Å²) in [6.45, 7) is 1.94. The van der Waals surface area contributed by atoms with Gasteiger partial charge in [0.05, 0.1) is 12.7 Å². The molecule has 1 rings (SSSR count). The van der Waals surface area contributed by atoms with E-state index in [1.54, 1.807) is 13.0 Å². The first-order valence-corrected chi connectivity index (χ1v) is 5.36. The van der Waals surface area contributed by atoms with Crippen LogP contribution in [0.5, 0.6) is 0 Å². The van der Waals surface area contributed by atoms with Gasteiger partial charge < -0.3 is 15.5 Å². The van der Waals surface area contributed by atoms with E-state index in [0.29, 0.717) is 22.7 Å². The molecule has 0 saturated heterocycles. The van der Waals surface area contributed by atoms with E-state index in [1.165, 1.54) is 6.07 Å². The van der Waals surface area contributed by atoms with Gasteiger partial charge in [0.15, 0.2) is 0 Å².